The van der Waals surface area contributed by atoms with Gasteiger partial charge >= 0.3 is 6.18 Å². The second-order valence-electron chi connectivity index (χ2n) is 7.60. The Morgan fingerprint density at radius 3 is 2.24 bits per heavy atom. The first-order valence-electron chi connectivity index (χ1n) is 10.4. The summed E-state index contributed by atoms with van der Waals surface area (Å²) in [6.07, 6.45) is -4.26. The lowest BCUT2D eigenvalue weighted by Gasteiger charge is -2.34. The number of sulfone groups is 1. The highest BCUT2D eigenvalue weighted by Gasteiger charge is 2.52. The van der Waals surface area contributed by atoms with E-state index in [1.807, 2.05) is 0 Å². The third-order valence-corrected chi connectivity index (χ3v) is 7.97. The molecule has 1 amide bonds. The topological polar surface area (TPSA) is 111 Å². The van der Waals surface area contributed by atoms with Gasteiger partial charge < -0.3 is 14.2 Å². The molecule has 0 spiro atoms. The number of halogens is 3. The number of hydroxylamine groups is 1. The van der Waals surface area contributed by atoms with Crippen LogP contribution >= 0.6 is 0 Å². The molecular weight excluding hydrogens is 479 g/mol. The minimum atomic E-state index is -4.45. The number of hydrogen-bond acceptors (Lipinski definition) is 7. The van der Waals surface area contributed by atoms with Crippen LogP contribution in [-0.4, -0.2) is 50.7 Å². The normalized spacial score (nSPS) is 16.0. The number of carbonyl (C=O) groups excluding carboxylic acids is 1. The van der Waals surface area contributed by atoms with Crippen molar-refractivity contribution in [1.29, 1.82) is 0 Å². The summed E-state index contributed by atoms with van der Waals surface area (Å²) >= 11 is 0. The molecule has 8 nitrogen and oxygen atoms in total. The molecule has 34 heavy (non-hydrogen) atoms. The van der Waals surface area contributed by atoms with Gasteiger partial charge in [-0.2, -0.15) is 13.2 Å². The van der Waals surface area contributed by atoms with Crippen molar-refractivity contribution in [3.63, 3.8) is 0 Å². The van der Waals surface area contributed by atoms with E-state index in [4.69, 9.17) is 19.4 Å². The van der Waals surface area contributed by atoms with E-state index >= 15 is 0 Å². The Labute approximate surface area is 194 Å². The Kier molecular flexibility index (Phi) is 8.05. The summed E-state index contributed by atoms with van der Waals surface area (Å²) in [6, 6.07) is 10.1. The summed E-state index contributed by atoms with van der Waals surface area (Å²) in [7, 11) is -4.13. The van der Waals surface area contributed by atoms with Gasteiger partial charge in [0.1, 0.15) is 11.5 Å². The highest BCUT2D eigenvalue weighted by atomic mass is 32.2. The molecule has 0 unspecified atom stereocenters. The Hall–Kier alpha value is -2.83. The number of rotatable bonds is 9. The molecule has 2 N–H and O–H groups in total. The Morgan fingerprint density at radius 1 is 1.03 bits per heavy atom. The molecule has 2 aromatic rings. The molecule has 0 atom stereocenters. The van der Waals surface area contributed by atoms with Crippen LogP contribution in [0, 0.1) is 0 Å². The van der Waals surface area contributed by atoms with Crippen LogP contribution in [0.2, 0.25) is 0 Å². The molecule has 1 aliphatic heterocycles. The molecule has 0 saturated carbocycles. The quantitative estimate of drug-likeness (QED) is 0.307. The number of hydrogen-bond donors (Lipinski definition) is 2. The molecule has 2 aromatic carbocycles. The molecule has 186 valence electrons. The van der Waals surface area contributed by atoms with E-state index in [1.165, 1.54) is 41.9 Å². The van der Waals surface area contributed by atoms with E-state index in [1.54, 1.807) is 0 Å². The fraction of sp³-hybridized carbons (Fsp3) is 0.409. The molecule has 0 radical (unpaired) electrons. The molecule has 3 rings (SSSR count). The first kappa shape index (κ1) is 25.8. The van der Waals surface area contributed by atoms with Crippen LogP contribution in [-0.2, 0) is 25.5 Å². The number of benzene rings is 2. The predicted molar refractivity (Wildman–Crippen MR) is 113 cm³/mol. The maximum atomic E-state index is 13.2. The van der Waals surface area contributed by atoms with Crippen molar-refractivity contribution in [2.45, 2.75) is 35.1 Å². The second-order valence-corrected chi connectivity index (χ2v) is 9.86. The smallest absolute Gasteiger partial charge is 0.416 e. The standard InChI is InChI=1S/C22H24F3NO7S/c23-22(24,25)16-3-1-4-18(15-16)33-12-2-11-32-17-5-7-19(8-6-17)34(29,30)21(20(27)26-28)9-13-31-14-10-21/h1,3-8,15,28H,2,9-14H2,(H,26,27). The van der Waals surface area contributed by atoms with Crippen LogP contribution in [0.5, 0.6) is 11.5 Å². The van der Waals surface area contributed by atoms with Crippen molar-refractivity contribution in [3.05, 3.63) is 54.1 Å². The Bertz CT molecular complexity index is 1080. The summed E-state index contributed by atoms with van der Waals surface area (Å²) in [6.45, 7) is 0.431. The van der Waals surface area contributed by atoms with Gasteiger partial charge in [-0.3, -0.25) is 10.0 Å². The molecule has 1 saturated heterocycles. The van der Waals surface area contributed by atoms with Gasteiger partial charge in [0.25, 0.3) is 5.91 Å². The van der Waals surface area contributed by atoms with E-state index < -0.39 is 32.2 Å². The van der Waals surface area contributed by atoms with Crippen molar-refractivity contribution in [3.8, 4) is 11.5 Å². The zero-order valence-electron chi connectivity index (χ0n) is 18.0. The van der Waals surface area contributed by atoms with Crippen LogP contribution < -0.4 is 15.0 Å². The van der Waals surface area contributed by atoms with Gasteiger partial charge in [-0.1, -0.05) is 6.07 Å². The minimum absolute atomic E-state index is 0.0659. The number of alkyl halides is 3. The Morgan fingerprint density at radius 2 is 1.65 bits per heavy atom. The van der Waals surface area contributed by atoms with E-state index in [0.717, 1.165) is 12.1 Å². The van der Waals surface area contributed by atoms with Crippen LogP contribution in [0.15, 0.2) is 53.4 Å². The zero-order chi connectivity index (χ0) is 24.8. The predicted octanol–water partition coefficient (Wildman–Crippen LogP) is 3.38. The van der Waals surface area contributed by atoms with Crippen LogP contribution in [0.4, 0.5) is 13.2 Å². The van der Waals surface area contributed by atoms with E-state index in [2.05, 4.69) is 0 Å². The fourth-order valence-electron chi connectivity index (χ4n) is 3.56. The average Bonchev–Trinajstić information content (AvgIpc) is 2.83. The van der Waals surface area contributed by atoms with E-state index in [0.29, 0.717) is 12.2 Å². The van der Waals surface area contributed by atoms with Crippen molar-refractivity contribution < 1.29 is 45.8 Å². The fourth-order valence-corrected chi connectivity index (χ4v) is 5.50. The SMILES string of the molecule is O=C(NO)C1(S(=O)(=O)c2ccc(OCCCOc3cccc(C(F)(F)F)c3)cc2)CCOCC1. The summed E-state index contributed by atoms with van der Waals surface area (Å²) in [5.41, 5.74) is 0.663. The summed E-state index contributed by atoms with van der Waals surface area (Å²) in [5.74, 6) is -0.541. The number of ether oxygens (including phenoxy) is 3. The molecule has 0 aromatic heterocycles. The molecule has 12 heteroatoms. The molecule has 1 heterocycles. The minimum Gasteiger partial charge on any atom is -0.493 e. The first-order valence-corrected chi connectivity index (χ1v) is 11.9. The lowest BCUT2D eigenvalue weighted by atomic mass is 9.98. The van der Waals surface area contributed by atoms with Gasteiger partial charge in [0.15, 0.2) is 14.6 Å². The van der Waals surface area contributed by atoms with Crippen molar-refractivity contribution in [2.24, 2.45) is 0 Å². The summed E-state index contributed by atoms with van der Waals surface area (Å²) < 4.78 is 78.8. The summed E-state index contributed by atoms with van der Waals surface area (Å²) in [5, 5.41) is 9.08. The number of nitrogens with one attached hydrogen (secondary N) is 1. The molecule has 1 aliphatic rings. The van der Waals surface area contributed by atoms with Crippen molar-refractivity contribution in [1.82, 2.24) is 5.48 Å². The average molecular weight is 503 g/mol. The van der Waals surface area contributed by atoms with Crippen LogP contribution in [0.1, 0.15) is 24.8 Å². The third-order valence-electron chi connectivity index (χ3n) is 5.45. The van der Waals surface area contributed by atoms with Crippen LogP contribution in [0.3, 0.4) is 0 Å². The Balaban J connectivity index is 1.55. The van der Waals surface area contributed by atoms with Gasteiger partial charge in [-0.05, 0) is 55.3 Å². The highest BCUT2D eigenvalue weighted by Crippen LogP contribution is 2.36. The van der Waals surface area contributed by atoms with Crippen molar-refractivity contribution in [2.75, 3.05) is 26.4 Å². The third kappa shape index (κ3) is 5.62. The summed E-state index contributed by atoms with van der Waals surface area (Å²) in [4.78, 5) is 12.2. The zero-order valence-corrected chi connectivity index (χ0v) is 18.8. The lowest BCUT2D eigenvalue weighted by molar-refractivity contribution is -0.137. The first-order chi connectivity index (χ1) is 16.1. The van der Waals surface area contributed by atoms with Gasteiger partial charge in [0.2, 0.25) is 0 Å². The maximum absolute atomic E-state index is 13.2. The van der Waals surface area contributed by atoms with E-state index in [9.17, 15) is 26.4 Å². The van der Waals surface area contributed by atoms with Gasteiger partial charge in [-0.15, -0.1) is 0 Å². The van der Waals surface area contributed by atoms with Crippen molar-refractivity contribution >= 4 is 15.7 Å². The van der Waals surface area contributed by atoms with Gasteiger partial charge in [0.05, 0.1) is 23.7 Å². The van der Waals surface area contributed by atoms with Crippen LogP contribution in [0.25, 0.3) is 0 Å². The van der Waals surface area contributed by atoms with E-state index in [-0.39, 0.29) is 49.9 Å². The monoisotopic (exact) mass is 503 g/mol. The highest BCUT2D eigenvalue weighted by molar-refractivity contribution is 7.93. The molecule has 1 fully saturated rings. The largest absolute Gasteiger partial charge is 0.493 e. The molecule has 0 aliphatic carbocycles. The lowest BCUT2D eigenvalue weighted by Crippen LogP contribution is -2.54. The number of amides is 1. The maximum Gasteiger partial charge on any atom is 0.416 e. The molecular formula is C22H24F3NO7S. The van der Waals surface area contributed by atoms with Gasteiger partial charge in [-0.25, -0.2) is 13.9 Å². The number of carbonyl (C=O) groups is 1. The van der Waals surface area contributed by atoms with Gasteiger partial charge in [0, 0.05) is 19.6 Å². The second kappa shape index (κ2) is 10.6. The molecule has 0 bridgehead atoms.